The van der Waals surface area contributed by atoms with E-state index in [1.807, 2.05) is 41.1 Å². The summed E-state index contributed by atoms with van der Waals surface area (Å²) in [5.74, 6) is -0.316. The summed E-state index contributed by atoms with van der Waals surface area (Å²) in [5, 5.41) is 4.57. The summed E-state index contributed by atoms with van der Waals surface area (Å²) in [5.41, 5.74) is 9.95. The first-order valence-electron chi connectivity index (χ1n) is 10.9. The molecule has 1 amide bonds. The average Bonchev–Trinajstić information content (AvgIpc) is 3.12. The van der Waals surface area contributed by atoms with E-state index in [4.69, 9.17) is 0 Å². The highest BCUT2D eigenvalue weighted by atomic mass is 32.2. The summed E-state index contributed by atoms with van der Waals surface area (Å²) in [6.07, 6.45) is 6.98. The van der Waals surface area contributed by atoms with E-state index in [2.05, 4.69) is 15.3 Å². The Kier molecular flexibility index (Phi) is 5.53. The maximum Gasteiger partial charge on any atom is 0.421 e. The lowest BCUT2D eigenvalue weighted by Gasteiger charge is -2.32. The summed E-state index contributed by atoms with van der Waals surface area (Å²) < 4.78 is 47.2. The van der Waals surface area contributed by atoms with Crippen molar-refractivity contribution in [3.05, 3.63) is 69.8 Å². The average molecular weight is 486 g/mol. The molecule has 2 N–H and O–H groups in total. The van der Waals surface area contributed by atoms with Crippen molar-refractivity contribution in [1.82, 2.24) is 19.4 Å². The number of nitrogens with one attached hydrogen (secondary N) is 2. The Hall–Kier alpha value is -3.44. The highest BCUT2D eigenvalue weighted by Gasteiger charge is 2.32. The van der Waals surface area contributed by atoms with Crippen molar-refractivity contribution >= 4 is 33.7 Å². The molecule has 0 spiro atoms. The van der Waals surface area contributed by atoms with E-state index in [0.717, 1.165) is 44.8 Å². The summed E-state index contributed by atoms with van der Waals surface area (Å²) in [6, 6.07) is 3.03. The molecule has 1 aliphatic carbocycles. The van der Waals surface area contributed by atoms with Crippen molar-refractivity contribution in [2.24, 2.45) is 5.10 Å². The number of hydrogen-bond acceptors (Lipinski definition) is 7. The molecular weight excluding hydrogens is 461 g/mol. The number of ether oxygens (including phenoxy) is 1. The highest BCUT2D eigenvalue weighted by molar-refractivity contribution is 7.87. The molecule has 0 unspecified atom stereocenters. The van der Waals surface area contributed by atoms with Gasteiger partial charge in [0.2, 0.25) is 0 Å². The van der Waals surface area contributed by atoms with Gasteiger partial charge in [-0.25, -0.2) is 13.9 Å². The second-order valence-electron chi connectivity index (χ2n) is 8.34. The molecule has 1 aromatic rings. The molecule has 0 atom stereocenters. The number of hydrogen-bond donors (Lipinski definition) is 2. The summed E-state index contributed by atoms with van der Waals surface area (Å²) in [7, 11) is -2.07. The maximum atomic E-state index is 14.4. The van der Waals surface area contributed by atoms with Gasteiger partial charge in [0.1, 0.15) is 5.82 Å². The van der Waals surface area contributed by atoms with Gasteiger partial charge in [-0.05, 0) is 48.3 Å². The van der Waals surface area contributed by atoms with Crippen LogP contribution in [0, 0.1) is 5.82 Å². The number of hydrazone groups is 1. The molecule has 34 heavy (non-hydrogen) atoms. The maximum absolute atomic E-state index is 14.4. The van der Waals surface area contributed by atoms with Crippen LogP contribution in [0.5, 0.6) is 0 Å². The number of fused-ring (bicyclic) bond motifs is 2. The van der Waals surface area contributed by atoms with Crippen LogP contribution in [0.25, 0.3) is 11.6 Å². The number of likely N-dealkylation sites (N-methyl/N-ethyl adjacent to an activating group) is 1. The van der Waals surface area contributed by atoms with Gasteiger partial charge >= 0.3 is 16.3 Å². The van der Waals surface area contributed by atoms with E-state index in [-0.39, 0.29) is 25.5 Å². The zero-order valence-electron chi connectivity index (χ0n) is 18.8. The molecule has 0 fully saturated rings. The normalized spacial score (nSPS) is 19.4. The molecule has 0 saturated heterocycles. The van der Waals surface area contributed by atoms with Gasteiger partial charge in [-0.15, -0.1) is 0 Å². The Morgan fingerprint density at radius 3 is 2.88 bits per heavy atom. The fraction of sp³-hybridized carbons (Fsp3) is 0.304. The molecule has 4 aliphatic rings. The van der Waals surface area contributed by atoms with Crippen LogP contribution in [0.1, 0.15) is 30.0 Å². The lowest BCUT2D eigenvalue weighted by Crippen LogP contribution is -2.45. The van der Waals surface area contributed by atoms with Crippen molar-refractivity contribution in [3.63, 3.8) is 0 Å². The van der Waals surface area contributed by atoms with E-state index < -0.39 is 16.3 Å². The molecule has 0 bridgehead atoms. The molecule has 1 aromatic carbocycles. The van der Waals surface area contributed by atoms with Crippen LogP contribution in [-0.4, -0.2) is 62.7 Å². The molecular formula is C23H24FN5O4S. The van der Waals surface area contributed by atoms with Crippen LogP contribution in [0.3, 0.4) is 0 Å². The quantitative estimate of drug-likeness (QED) is 0.679. The minimum absolute atomic E-state index is 0.0766. The standard InChI is InChI=1S/C23H24FN5O4S/c1-3-33-23(30)27-34(31,32)29-8-6-14(7-9-29)18-12-28(2)13-19-17-11-16(24)10-15-4-5-20(21(15)17)25-26-22(18)19/h4-6,10-11,13,26H,3,7-9,12H2,1-2H3,(H,27,30). The van der Waals surface area contributed by atoms with Gasteiger partial charge in [-0.2, -0.15) is 17.8 Å². The van der Waals surface area contributed by atoms with E-state index in [9.17, 15) is 17.6 Å². The van der Waals surface area contributed by atoms with E-state index in [1.165, 1.54) is 16.4 Å². The Morgan fingerprint density at radius 1 is 1.32 bits per heavy atom. The third-order valence-electron chi connectivity index (χ3n) is 6.10. The Bertz CT molecular complexity index is 1340. The molecule has 3 heterocycles. The second-order valence-corrected chi connectivity index (χ2v) is 10.0. The van der Waals surface area contributed by atoms with Gasteiger partial charge in [0.25, 0.3) is 0 Å². The Balaban J connectivity index is 1.48. The molecule has 3 aliphatic heterocycles. The first kappa shape index (κ1) is 22.4. The fourth-order valence-corrected chi connectivity index (χ4v) is 5.61. The number of benzene rings is 1. The van der Waals surface area contributed by atoms with E-state index in [0.29, 0.717) is 13.0 Å². The molecule has 9 nitrogen and oxygen atoms in total. The zero-order chi connectivity index (χ0) is 24.0. The van der Waals surface area contributed by atoms with Gasteiger partial charge in [0, 0.05) is 49.6 Å². The number of carbonyl (C=O) groups excluding carboxylic acids is 1. The molecule has 0 radical (unpaired) electrons. The molecule has 0 saturated carbocycles. The van der Waals surface area contributed by atoms with Crippen molar-refractivity contribution in [1.29, 1.82) is 0 Å². The van der Waals surface area contributed by atoms with Gasteiger partial charge in [0.15, 0.2) is 0 Å². The van der Waals surface area contributed by atoms with Crippen molar-refractivity contribution in [3.8, 4) is 0 Å². The highest BCUT2D eigenvalue weighted by Crippen LogP contribution is 2.39. The van der Waals surface area contributed by atoms with Crippen molar-refractivity contribution in [2.75, 3.05) is 33.3 Å². The fourth-order valence-electron chi connectivity index (χ4n) is 4.61. The van der Waals surface area contributed by atoms with Gasteiger partial charge in [0.05, 0.1) is 18.0 Å². The Labute approximate surface area is 197 Å². The van der Waals surface area contributed by atoms with Gasteiger partial charge in [-0.1, -0.05) is 12.2 Å². The first-order chi connectivity index (χ1) is 16.3. The number of carbonyl (C=O) groups is 1. The molecule has 178 valence electrons. The molecule has 11 heteroatoms. The van der Waals surface area contributed by atoms with Gasteiger partial charge in [-0.3, -0.25) is 5.43 Å². The van der Waals surface area contributed by atoms with E-state index in [1.54, 1.807) is 6.92 Å². The summed E-state index contributed by atoms with van der Waals surface area (Å²) in [6.45, 7) is 2.57. The predicted octanol–water partition coefficient (Wildman–Crippen LogP) is 2.32. The molecule has 5 rings (SSSR count). The summed E-state index contributed by atoms with van der Waals surface area (Å²) >= 11 is 0. The lowest BCUT2D eigenvalue weighted by atomic mass is 9.88. The number of rotatable bonds is 4. The minimum atomic E-state index is -4.01. The number of amides is 1. The second kappa shape index (κ2) is 8.41. The lowest BCUT2D eigenvalue weighted by molar-refractivity contribution is 0.158. The minimum Gasteiger partial charge on any atom is -0.449 e. The van der Waals surface area contributed by atoms with Gasteiger partial charge < -0.3 is 9.64 Å². The van der Waals surface area contributed by atoms with Crippen molar-refractivity contribution < 1.29 is 22.3 Å². The monoisotopic (exact) mass is 485 g/mol. The summed E-state index contributed by atoms with van der Waals surface area (Å²) in [4.78, 5) is 13.6. The molecule has 0 aromatic heterocycles. The SMILES string of the molecule is CCOC(=O)NS(=O)(=O)N1CC=C(C2=C3NN=C4C=Cc5cc(F)cc(c54)C3=CN(C)C2)CC1. The first-order valence-corrected chi connectivity index (χ1v) is 12.4. The van der Waals surface area contributed by atoms with Crippen LogP contribution in [0.2, 0.25) is 0 Å². The van der Waals surface area contributed by atoms with Crippen molar-refractivity contribution in [2.45, 2.75) is 13.3 Å². The van der Waals surface area contributed by atoms with Crippen LogP contribution >= 0.6 is 0 Å². The largest absolute Gasteiger partial charge is 0.449 e. The smallest absolute Gasteiger partial charge is 0.421 e. The predicted molar refractivity (Wildman–Crippen MR) is 126 cm³/mol. The third-order valence-corrected chi connectivity index (χ3v) is 7.54. The topological polar surface area (TPSA) is 103 Å². The van der Waals surface area contributed by atoms with Crippen LogP contribution in [0.4, 0.5) is 9.18 Å². The Morgan fingerprint density at radius 2 is 2.15 bits per heavy atom. The van der Waals surface area contributed by atoms with Crippen LogP contribution < -0.4 is 10.1 Å². The van der Waals surface area contributed by atoms with Crippen LogP contribution in [0.15, 0.2) is 52.4 Å². The number of halogens is 1. The van der Waals surface area contributed by atoms with Crippen LogP contribution in [-0.2, 0) is 14.9 Å². The number of allylic oxidation sites excluding steroid dienone is 2. The third kappa shape index (κ3) is 3.90. The number of nitrogens with zero attached hydrogens (tertiary/aromatic N) is 3. The zero-order valence-corrected chi connectivity index (χ0v) is 19.6. The van der Waals surface area contributed by atoms with E-state index >= 15 is 0 Å².